The number of morpholine rings is 1. The van der Waals surface area contributed by atoms with E-state index in [1.165, 1.54) is 11.1 Å². The fourth-order valence-corrected chi connectivity index (χ4v) is 2.38. The van der Waals surface area contributed by atoms with Crippen molar-refractivity contribution in [3.05, 3.63) is 35.4 Å². The van der Waals surface area contributed by atoms with Gasteiger partial charge in [0.05, 0.1) is 18.8 Å². The number of nitrogens with one attached hydrogen (secondary N) is 1. The van der Waals surface area contributed by atoms with Crippen molar-refractivity contribution in [1.29, 1.82) is 0 Å². The van der Waals surface area contributed by atoms with Gasteiger partial charge in [-0.2, -0.15) is 0 Å². The van der Waals surface area contributed by atoms with Gasteiger partial charge in [0.25, 0.3) is 0 Å². The second kappa shape index (κ2) is 2.82. The van der Waals surface area contributed by atoms with Gasteiger partial charge >= 0.3 is 0 Å². The Morgan fingerprint density at radius 3 is 3.23 bits per heavy atom. The van der Waals surface area contributed by atoms with E-state index in [4.69, 9.17) is 4.74 Å². The number of ether oxygens (including phenoxy) is 1. The van der Waals surface area contributed by atoms with Crippen molar-refractivity contribution in [2.24, 2.45) is 0 Å². The number of benzene rings is 1. The molecule has 1 heterocycles. The fraction of sp³-hybridized carbons (Fsp3) is 0.455. The summed E-state index contributed by atoms with van der Waals surface area (Å²) < 4.78 is 5.72. The molecule has 68 valence electrons. The topological polar surface area (TPSA) is 21.3 Å². The maximum absolute atomic E-state index is 5.72. The summed E-state index contributed by atoms with van der Waals surface area (Å²) in [6, 6.07) is 9.08. The molecule has 0 bridgehead atoms. The van der Waals surface area contributed by atoms with Crippen molar-refractivity contribution in [2.75, 3.05) is 13.2 Å². The zero-order valence-electron chi connectivity index (χ0n) is 7.49. The summed E-state index contributed by atoms with van der Waals surface area (Å²) in [4.78, 5) is 0. The second-order valence-electron chi connectivity index (χ2n) is 3.74. The van der Waals surface area contributed by atoms with Crippen molar-refractivity contribution >= 4 is 0 Å². The van der Waals surface area contributed by atoms with Crippen LogP contribution in [0.4, 0.5) is 0 Å². The molecule has 1 fully saturated rings. The molecule has 2 atom stereocenters. The predicted octanol–water partition coefficient (Wildman–Crippen LogP) is 1.27. The van der Waals surface area contributed by atoms with Crippen LogP contribution in [-0.2, 0) is 11.2 Å². The normalized spacial score (nSPS) is 31.1. The summed E-state index contributed by atoms with van der Waals surface area (Å²) in [7, 11) is 0. The molecule has 1 aromatic rings. The standard InChI is InChI=1S/C11H13NO/c1-2-4-9-8(3-1)7-10-11(9)12-5-6-13-10/h1-4,10-12H,5-7H2. The molecule has 1 aromatic carbocycles. The quantitative estimate of drug-likeness (QED) is 0.641. The van der Waals surface area contributed by atoms with Gasteiger partial charge in [-0.1, -0.05) is 24.3 Å². The fourth-order valence-electron chi connectivity index (χ4n) is 2.38. The van der Waals surface area contributed by atoms with Gasteiger partial charge in [0.15, 0.2) is 0 Å². The molecular formula is C11H13NO. The van der Waals surface area contributed by atoms with E-state index >= 15 is 0 Å². The van der Waals surface area contributed by atoms with Crippen LogP contribution in [0.1, 0.15) is 17.2 Å². The van der Waals surface area contributed by atoms with E-state index < -0.39 is 0 Å². The van der Waals surface area contributed by atoms with E-state index in [-0.39, 0.29) is 0 Å². The smallest absolute Gasteiger partial charge is 0.0810 e. The number of hydrogen-bond donors (Lipinski definition) is 1. The van der Waals surface area contributed by atoms with E-state index in [1.807, 2.05) is 0 Å². The molecule has 0 aromatic heterocycles. The minimum Gasteiger partial charge on any atom is -0.375 e. The Balaban J connectivity index is 2.01. The van der Waals surface area contributed by atoms with Crippen LogP contribution >= 0.6 is 0 Å². The molecule has 0 amide bonds. The highest BCUT2D eigenvalue weighted by molar-refractivity contribution is 5.36. The monoisotopic (exact) mass is 175 g/mol. The molecule has 2 nitrogen and oxygen atoms in total. The van der Waals surface area contributed by atoms with Gasteiger partial charge in [-0.25, -0.2) is 0 Å². The third-order valence-electron chi connectivity index (χ3n) is 2.98. The Bertz CT molecular complexity index is 324. The average Bonchev–Trinajstić information content (AvgIpc) is 2.56. The van der Waals surface area contributed by atoms with Crippen molar-refractivity contribution < 1.29 is 4.74 Å². The van der Waals surface area contributed by atoms with Crippen LogP contribution in [0.25, 0.3) is 0 Å². The molecule has 2 heteroatoms. The Kier molecular flexibility index (Phi) is 1.64. The molecule has 0 radical (unpaired) electrons. The van der Waals surface area contributed by atoms with Crippen LogP contribution in [0.3, 0.4) is 0 Å². The van der Waals surface area contributed by atoms with Crippen LogP contribution in [0.2, 0.25) is 0 Å². The summed E-state index contributed by atoms with van der Waals surface area (Å²) in [6.07, 6.45) is 1.46. The van der Waals surface area contributed by atoms with E-state index in [9.17, 15) is 0 Å². The molecule has 1 saturated heterocycles. The van der Waals surface area contributed by atoms with Crippen LogP contribution in [0.15, 0.2) is 24.3 Å². The molecular weight excluding hydrogens is 162 g/mol. The lowest BCUT2D eigenvalue weighted by Gasteiger charge is -2.27. The highest BCUT2D eigenvalue weighted by atomic mass is 16.5. The first-order valence-electron chi connectivity index (χ1n) is 4.88. The van der Waals surface area contributed by atoms with Crippen molar-refractivity contribution in [1.82, 2.24) is 5.32 Å². The van der Waals surface area contributed by atoms with Gasteiger partial charge in [0, 0.05) is 13.0 Å². The first-order valence-corrected chi connectivity index (χ1v) is 4.88. The lowest BCUT2D eigenvalue weighted by atomic mass is 10.1. The maximum Gasteiger partial charge on any atom is 0.0810 e. The van der Waals surface area contributed by atoms with Gasteiger partial charge in [0.2, 0.25) is 0 Å². The van der Waals surface area contributed by atoms with Crippen molar-refractivity contribution in [2.45, 2.75) is 18.6 Å². The molecule has 2 aliphatic rings. The highest BCUT2D eigenvalue weighted by Crippen LogP contribution is 2.34. The van der Waals surface area contributed by atoms with Gasteiger partial charge in [-0.05, 0) is 11.1 Å². The Morgan fingerprint density at radius 2 is 2.23 bits per heavy atom. The second-order valence-corrected chi connectivity index (χ2v) is 3.74. The summed E-state index contributed by atoms with van der Waals surface area (Å²) in [5, 5.41) is 3.51. The predicted molar refractivity (Wildman–Crippen MR) is 50.6 cm³/mol. The first kappa shape index (κ1) is 7.54. The summed E-state index contributed by atoms with van der Waals surface area (Å²) in [6.45, 7) is 1.84. The highest BCUT2D eigenvalue weighted by Gasteiger charge is 2.34. The molecule has 0 spiro atoms. The van der Waals surface area contributed by atoms with Gasteiger partial charge in [-0.15, -0.1) is 0 Å². The van der Waals surface area contributed by atoms with E-state index in [0.29, 0.717) is 12.1 Å². The minimum absolute atomic E-state index is 0.381. The molecule has 3 rings (SSSR count). The first-order chi connectivity index (χ1) is 6.45. The largest absolute Gasteiger partial charge is 0.375 e. The van der Waals surface area contributed by atoms with Gasteiger partial charge in [0.1, 0.15) is 0 Å². The minimum atomic E-state index is 0.381. The molecule has 0 saturated carbocycles. The van der Waals surface area contributed by atoms with E-state index in [0.717, 1.165) is 19.6 Å². The molecule has 2 unspecified atom stereocenters. The number of hydrogen-bond acceptors (Lipinski definition) is 2. The summed E-state index contributed by atoms with van der Waals surface area (Å²) >= 11 is 0. The Hall–Kier alpha value is -0.860. The lowest BCUT2D eigenvalue weighted by Crippen LogP contribution is -2.39. The van der Waals surface area contributed by atoms with Gasteiger partial charge in [-0.3, -0.25) is 0 Å². The van der Waals surface area contributed by atoms with Gasteiger partial charge < -0.3 is 10.1 Å². The van der Waals surface area contributed by atoms with Crippen LogP contribution in [-0.4, -0.2) is 19.3 Å². The average molecular weight is 175 g/mol. The maximum atomic E-state index is 5.72. The third kappa shape index (κ3) is 1.10. The Morgan fingerprint density at radius 1 is 1.31 bits per heavy atom. The number of rotatable bonds is 0. The molecule has 1 aliphatic carbocycles. The molecule has 1 aliphatic heterocycles. The zero-order chi connectivity index (χ0) is 8.67. The van der Waals surface area contributed by atoms with Crippen LogP contribution in [0, 0.1) is 0 Å². The van der Waals surface area contributed by atoms with Crippen LogP contribution in [0.5, 0.6) is 0 Å². The molecule has 13 heavy (non-hydrogen) atoms. The SMILES string of the molecule is c1ccc2c(c1)CC1OCCNC21. The lowest BCUT2D eigenvalue weighted by molar-refractivity contribution is 0.00503. The third-order valence-corrected chi connectivity index (χ3v) is 2.98. The zero-order valence-corrected chi connectivity index (χ0v) is 7.49. The van der Waals surface area contributed by atoms with E-state index in [1.54, 1.807) is 0 Å². The Labute approximate surface area is 77.9 Å². The number of fused-ring (bicyclic) bond motifs is 3. The van der Waals surface area contributed by atoms with Crippen LogP contribution < -0.4 is 5.32 Å². The summed E-state index contributed by atoms with van der Waals surface area (Å²) in [5.41, 5.74) is 2.89. The van der Waals surface area contributed by atoms with E-state index in [2.05, 4.69) is 29.6 Å². The van der Waals surface area contributed by atoms with Crippen molar-refractivity contribution in [3.63, 3.8) is 0 Å². The van der Waals surface area contributed by atoms with Crippen molar-refractivity contribution in [3.8, 4) is 0 Å². The summed E-state index contributed by atoms with van der Waals surface area (Å²) in [5.74, 6) is 0. The molecule has 1 N–H and O–H groups in total.